The van der Waals surface area contributed by atoms with Crippen molar-refractivity contribution in [3.05, 3.63) is 71.8 Å². The lowest BCUT2D eigenvalue weighted by Crippen LogP contribution is -2.60. The molecule has 10 atom stereocenters. The van der Waals surface area contributed by atoms with Crippen LogP contribution in [0.1, 0.15) is 121 Å². The van der Waals surface area contributed by atoms with E-state index in [1.807, 2.05) is 20.1 Å². The van der Waals surface area contributed by atoms with E-state index >= 15 is 0 Å². The molecule has 2 heterocycles. The van der Waals surface area contributed by atoms with Crippen molar-refractivity contribution in [2.45, 2.75) is 183 Å². The van der Waals surface area contributed by atoms with Crippen molar-refractivity contribution in [2.75, 3.05) is 44.7 Å². The van der Waals surface area contributed by atoms with Gasteiger partial charge in [-0.2, -0.15) is 11.8 Å². The summed E-state index contributed by atoms with van der Waals surface area (Å²) in [5, 5.41) is 21.1. The molecule has 2 aliphatic heterocycles. The van der Waals surface area contributed by atoms with Gasteiger partial charge in [-0.3, -0.25) is 67.3 Å². The molecule has 2 aromatic rings. The van der Waals surface area contributed by atoms with Gasteiger partial charge >= 0.3 is 0 Å². The summed E-state index contributed by atoms with van der Waals surface area (Å²) in [5.74, 6) is -9.80. The molecular weight excluding hydrogens is 1250 g/mol. The summed E-state index contributed by atoms with van der Waals surface area (Å²) in [4.78, 5) is 185. The first-order chi connectivity index (χ1) is 45.2. The number of benzene rings is 2. The molecule has 2 fully saturated rings. The van der Waals surface area contributed by atoms with E-state index in [0.29, 0.717) is 55.4 Å². The molecule has 0 aliphatic carbocycles. The summed E-state index contributed by atoms with van der Waals surface area (Å²) < 4.78 is 0. The Morgan fingerprint density at radius 1 is 0.537 bits per heavy atom. The first-order valence-electron chi connectivity index (χ1n) is 32.2. The SMILES string of the molecule is CSCC[C@H](NC(=O)[C@H](CC(C)C)NC(=O)CNC(=O)[C@H](Cc1ccccc1)NC(=O)[C@@H](Cc1ccccc1)NC(=O)[C@H](CCC(N)=O)NC(=O)[C@H](CCC(N)=O)NC(=O)[C@H]1CCCN1C(=O)[C@@H](CCCCN)NC(=O)[C@H]1CCCN1C(=O)[C@@H](N)CCCN=C(N)N)C(N)=O. The molecule has 2 saturated heterocycles. The van der Waals surface area contributed by atoms with Gasteiger partial charge in [0.2, 0.25) is 76.8 Å². The standard InChI is InChI=1S/C63H98N18O13S/c1-37(2)33-45(57(89)74-41(53(68)85)27-32-95-3)73-52(84)36-72-54(86)46(34-38-15-6-4-7-16-38)78-58(90)47(35-39-17-8-5-9-18-39)79-56(88)42(23-25-50(66)82)75-55(87)43(24-26-51(67)83)76-59(91)49-22-14-31-81(49)62(94)44(20-10-11-28-64)77-60(92)48-21-13-30-80(48)61(93)40(65)19-12-29-71-63(69)70/h4-9,15-18,37,40-49H,10-14,19-36,64-65H2,1-3H3,(H2,66,82)(H2,67,83)(H2,68,85)(H,72,86)(H,73,84)(H,74,89)(H,75,87)(H,76,91)(H,77,92)(H,78,90)(H,79,88)(H4,69,70,71)/t40-,41-,42-,43-,44+,45-,46-,47+,48+,49+/m0/s1. The molecular formula is C63H98N18O13S. The molecule has 2 aromatic carbocycles. The van der Waals surface area contributed by atoms with Crippen LogP contribution in [0.2, 0.25) is 0 Å². The van der Waals surface area contributed by atoms with Gasteiger partial charge in [-0.05, 0) is 119 Å². The fraction of sp³-hybridized carbons (Fsp3) is 0.587. The normalized spacial score (nSPS) is 16.8. The van der Waals surface area contributed by atoms with Crippen LogP contribution < -0.4 is 82.7 Å². The van der Waals surface area contributed by atoms with Crippen molar-refractivity contribution >= 4 is 94.5 Å². The second-order valence-electron chi connectivity index (χ2n) is 24.1. The number of hydrogen-bond donors (Lipinski definition) is 15. The van der Waals surface area contributed by atoms with Gasteiger partial charge in [-0.15, -0.1) is 0 Å². The van der Waals surface area contributed by atoms with Gasteiger partial charge in [0, 0.05) is 45.3 Å². The van der Waals surface area contributed by atoms with E-state index in [-0.39, 0.29) is 83.0 Å². The number of nitrogens with zero attached hydrogens (tertiary/aromatic N) is 3. The number of thioether (sulfide) groups is 1. The molecule has 0 radical (unpaired) electrons. The molecule has 0 bridgehead atoms. The Morgan fingerprint density at radius 3 is 1.51 bits per heavy atom. The predicted octanol–water partition coefficient (Wildman–Crippen LogP) is -3.71. The van der Waals surface area contributed by atoms with Gasteiger partial charge in [0.05, 0.1) is 12.6 Å². The topological polar surface area (TPSA) is 519 Å². The number of nitrogens with one attached hydrogen (secondary N) is 8. The van der Waals surface area contributed by atoms with Crippen LogP contribution in [0.15, 0.2) is 65.7 Å². The summed E-state index contributed by atoms with van der Waals surface area (Å²) in [6, 6.07) is 4.51. The van der Waals surface area contributed by atoms with Crippen LogP contribution in [-0.4, -0.2) is 198 Å². The van der Waals surface area contributed by atoms with Crippen molar-refractivity contribution in [3.63, 3.8) is 0 Å². The van der Waals surface area contributed by atoms with Gasteiger partial charge in [-0.1, -0.05) is 74.5 Å². The fourth-order valence-corrected chi connectivity index (χ4v) is 11.5. The lowest BCUT2D eigenvalue weighted by atomic mass is 10.0. The molecule has 4 rings (SSSR count). The molecule has 31 nitrogen and oxygen atoms in total. The van der Waals surface area contributed by atoms with Crippen molar-refractivity contribution in [2.24, 2.45) is 51.0 Å². The Morgan fingerprint density at radius 2 is 1.01 bits per heavy atom. The lowest BCUT2D eigenvalue weighted by molar-refractivity contribution is -0.144. The molecule has 0 aromatic heterocycles. The Labute approximate surface area is 558 Å². The zero-order chi connectivity index (χ0) is 70.1. The minimum atomic E-state index is -1.64. The zero-order valence-corrected chi connectivity index (χ0v) is 55.3. The molecule has 95 heavy (non-hydrogen) atoms. The lowest BCUT2D eigenvalue weighted by Gasteiger charge is -2.32. The summed E-state index contributed by atoms with van der Waals surface area (Å²) in [5.41, 5.74) is 40.6. The van der Waals surface area contributed by atoms with Gasteiger partial charge in [0.25, 0.3) is 0 Å². The van der Waals surface area contributed by atoms with Crippen molar-refractivity contribution in [3.8, 4) is 0 Å². The number of primary amides is 3. The maximum atomic E-state index is 14.7. The summed E-state index contributed by atoms with van der Waals surface area (Å²) >= 11 is 1.45. The number of nitrogens with two attached hydrogens (primary N) is 7. The third-order valence-corrected chi connectivity index (χ3v) is 16.7. The van der Waals surface area contributed by atoms with E-state index in [2.05, 4.69) is 47.5 Å². The summed E-state index contributed by atoms with van der Waals surface area (Å²) in [7, 11) is 0. The number of likely N-dealkylation sites (tertiary alicyclic amines) is 2. The maximum Gasteiger partial charge on any atom is 0.245 e. The molecule has 524 valence electrons. The van der Waals surface area contributed by atoms with Gasteiger partial charge in [-0.25, -0.2) is 0 Å². The van der Waals surface area contributed by atoms with Crippen molar-refractivity contribution in [1.82, 2.24) is 52.3 Å². The van der Waals surface area contributed by atoms with Gasteiger partial charge in [0.1, 0.15) is 54.4 Å². The number of unbranched alkanes of at least 4 members (excludes halogenated alkanes) is 1. The first kappa shape index (κ1) is 78.5. The van der Waals surface area contributed by atoms with E-state index < -0.39 is 169 Å². The van der Waals surface area contributed by atoms with Crippen LogP contribution in [0, 0.1) is 5.92 Å². The van der Waals surface area contributed by atoms with Crippen LogP contribution in [0.5, 0.6) is 0 Å². The molecule has 2 aliphatic rings. The quantitative estimate of drug-likeness (QED) is 0.0173. The molecule has 13 amide bonds. The van der Waals surface area contributed by atoms with E-state index in [9.17, 15) is 62.3 Å². The van der Waals surface area contributed by atoms with Gasteiger partial charge in [0.15, 0.2) is 5.96 Å². The predicted molar refractivity (Wildman–Crippen MR) is 356 cm³/mol. The average molecular weight is 1350 g/mol. The molecule has 22 N–H and O–H groups in total. The van der Waals surface area contributed by atoms with Crippen LogP contribution in [0.4, 0.5) is 0 Å². The second-order valence-corrected chi connectivity index (χ2v) is 25.1. The smallest absolute Gasteiger partial charge is 0.245 e. The number of carbonyl (C=O) groups is 13. The van der Waals surface area contributed by atoms with E-state index in [1.54, 1.807) is 60.7 Å². The van der Waals surface area contributed by atoms with E-state index in [0.717, 1.165) is 0 Å². The third kappa shape index (κ3) is 27.5. The molecule has 0 spiro atoms. The Balaban J connectivity index is 1.56. The maximum absolute atomic E-state index is 14.7. The first-order valence-corrected chi connectivity index (χ1v) is 33.6. The summed E-state index contributed by atoms with van der Waals surface area (Å²) in [6.45, 7) is 3.86. The largest absolute Gasteiger partial charge is 0.370 e. The Kier molecular flexibility index (Phi) is 33.9. The number of rotatable bonds is 42. The third-order valence-electron chi connectivity index (χ3n) is 16.0. The van der Waals surface area contributed by atoms with E-state index in [4.69, 9.17) is 40.1 Å². The number of hydrogen-bond acceptors (Lipinski definition) is 17. The zero-order valence-electron chi connectivity index (χ0n) is 54.5. The van der Waals surface area contributed by atoms with Crippen LogP contribution >= 0.6 is 11.8 Å². The fourth-order valence-electron chi connectivity index (χ4n) is 11.0. The van der Waals surface area contributed by atoms with Crippen LogP contribution in [0.3, 0.4) is 0 Å². The van der Waals surface area contributed by atoms with Crippen LogP contribution in [-0.2, 0) is 75.2 Å². The Hall–Kier alpha value is -8.91. The monoisotopic (exact) mass is 1350 g/mol. The van der Waals surface area contributed by atoms with Crippen molar-refractivity contribution in [1.29, 1.82) is 0 Å². The molecule has 0 unspecified atom stereocenters. The Bertz CT molecular complexity index is 2960. The highest BCUT2D eigenvalue weighted by Crippen LogP contribution is 2.24. The highest BCUT2D eigenvalue weighted by atomic mass is 32.2. The number of aliphatic imine (C=N–C) groups is 1. The summed E-state index contributed by atoms with van der Waals surface area (Å²) in [6.07, 6.45) is 3.12. The molecule has 32 heteroatoms. The highest BCUT2D eigenvalue weighted by Gasteiger charge is 2.42. The minimum Gasteiger partial charge on any atom is -0.370 e. The second kappa shape index (κ2) is 41.0. The average Bonchev–Trinajstić information content (AvgIpc) is 1.74. The highest BCUT2D eigenvalue weighted by molar-refractivity contribution is 7.98. The number of amides is 13. The van der Waals surface area contributed by atoms with Gasteiger partial charge < -0.3 is 92.5 Å². The number of guanidine groups is 1. The van der Waals surface area contributed by atoms with E-state index in [1.165, 1.54) is 21.6 Å². The minimum absolute atomic E-state index is 0.0736. The van der Waals surface area contributed by atoms with Crippen LogP contribution in [0.25, 0.3) is 0 Å². The molecule has 0 saturated carbocycles. The van der Waals surface area contributed by atoms with Crippen molar-refractivity contribution < 1.29 is 62.3 Å². The number of carbonyl (C=O) groups excluding carboxylic acids is 13.